The van der Waals surface area contributed by atoms with Crippen LogP contribution in [0.1, 0.15) is 24.0 Å². The third-order valence-electron chi connectivity index (χ3n) is 2.38. The predicted molar refractivity (Wildman–Crippen MR) is 56.4 cm³/mol. The van der Waals surface area contributed by atoms with Crippen LogP contribution in [-0.4, -0.2) is 4.92 Å². The number of nitro groups is 1. The summed E-state index contributed by atoms with van der Waals surface area (Å²) in [5, 5.41) is 10.5. The van der Waals surface area contributed by atoms with Gasteiger partial charge < -0.3 is 0 Å². The van der Waals surface area contributed by atoms with Gasteiger partial charge in [0.25, 0.3) is 0 Å². The quantitative estimate of drug-likeness (QED) is 0.435. The minimum absolute atomic E-state index is 0.0136. The van der Waals surface area contributed by atoms with Gasteiger partial charge in [0.1, 0.15) is 0 Å². The molecular formula is C11H12FNO2. The maximum Gasteiger partial charge on any atom is 0.305 e. The van der Waals surface area contributed by atoms with E-state index < -0.39 is 16.4 Å². The average molecular weight is 209 g/mol. The molecule has 0 spiro atoms. The second-order valence-corrected chi connectivity index (χ2v) is 3.44. The summed E-state index contributed by atoms with van der Waals surface area (Å²) in [5.74, 6) is -0.811. The van der Waals surface area contributed by atoms with Crippen molar-refractivity contribution in [3.8, 4) is 0 Å². The standard InChI is InChI=1S/C11H12FNO2/c1-4-7(2)9-6-10(12)11(13(14)15)5-8(9)3/h4-7H,1H2,2-3H3. The van der Waals surface area contributed by atoms with Crippen molar-refractivity contribution in [1.29, 1.82) is 0 Å². The Bertz CT molecular complexity index is 415. The molecule has 0 saturated carbocycles. The minimum atomic E-state index is -0.797. The van der Waals surface area contributed by atoms with Crippen LogP contribution >= 0.6 is 0 Å². The van der Waals surface area contributed by atoms with E-state index >= 15 is 0 Å². The van der Waals surface area contributed by atoms with Crippen LogP contribution in [-0.2, 0) is 0 Å². The van der Waals surface area contributed by atoms with Gasteiger partial charge in [-0.15, -0.1) is 6.58 Å². The molecule has 4 heteroatoms. The molecule has 0 aliphatic carbocycles. The van der Waals surface area contributed by atoms with Crippen LogP contribution in [0.3, 0.4) is 0 Å². The summed E-state index contributed by atoms with van der Waals surface area (Å²) in [6.45, 7) is 7.19. The van der Waals surface area contributed by atoms with Crippen molar-refractivity contribution in [1.82, 2.24) is 0 Å². The highest BCUT2D eigenvalue weighted by atomic mass is 19.1. The van der Waals surface area contributed by atoms with Crippen LogP contribution in [0.2, 0.25) is 0 Å². The Morgan fingerprint density at radius 2 is 2.20 bits per heavy atom. The van der Waals surface area contributed by atoms with Crippen LogP contribution in [0.5, 0.6) is 0 Å². The van der Waals surface area contributed by atoms with Crippen molar-refractivity contribution in [3.63, 3.8) is 0 Å². The Labute approximate surface area is 87.4 Å². The first kappa shape index (κ1) is 11.4. The van der Waals surface area contributed by atoms with E-state index in [1.54, 1.807) is 13.0 Å². The SMILES string of the molecule is C=CC(C)c1cc(F)c([N+](=O)[O-])cc1C. The maximum absolute atomic E-state index is 13.3. The summed E-state index contributed by atoms with van der Waals surface area (Å²) in [5.41, 5.74) is 0.955. The van der Waals surface area contributed by atoms with Crippen molar-refractivity contribution < 1.29 is 9.31 Å². The molecule has 1 aromatic rings. The molecule has 0 aliphatic heterocycles. The fraction of sp³-hybridized carbons (Fsp3) is 0.273. The monoisotopic (exact) mass is 209 g/mol. The number of nitro benzene ring substituents is 1. The van der Waals surface area contributed by atoms with Gasteiger partial charge in [0, 0.05) is 6.07 Å². The molecule has 0 aromatic heterocycles. The van der Waals surface area contributed by atoms with Gasteiger partial charge in [-0.3, -0.25) is 10.1 Å². The minimum Gasteiger partial charge on any atom is -0.258 e. The number of rotatable bonds is 3. The van der Waals surface area contributed by atoms with Gasteiger partial charge in [-0.1, -0.05) is 13.0 Å². The number of aryl methyl sites for hydroxylation is 1. The smallest absolute Gasteiger partial charge is 0.258 e. The van der Waals surface area contributed by atoms with E-state index in [9.17, 15) is 14.5 Å². The van der Waals surface area contributed by atoms with Crippen LogP contribution in [0.25, 0.3) is 0 Å². The van der Waals surface area contributed by atoms with Crippen molar-refractivity contribution >= 4 is 5.69 Å². The largest absolute Gasteiger partial charge is 0.305 e. The first-order valence-corrected chi connectivity index (χ1v) is 4.54. The summed E-state index contributed by atoms with van der Waals surface area (Å²) in [4.78, 5) is 9.75. The number of allylic oxidation sites excluding steroid dienone is 1. The molecule has 15 heavy (non-hydrogen) atoms. The number of nitrogens with zero attached hydrogens (tertiary/aromatic N) is 1. The number of halogens is 1. The molecule has 0 saturated heterocycles. The molecule has 0 fully saturated rings. The zero-order valence-electron chi connectivity index (χ0n) is 8.66. The molecule has 0 N–H and O–H groups in total. The summed E-state index contributed by atoms with van der Waals surface area (Å²) >= 11 is 0. The van der Waals surface area contributed by atoms with Crippen molar-refractivity contribution in [2.24, 2.45) is 0 Å². The average Bonchev–Trinajstić information content (AvgIpc) is 2.19. The second-order valence-electron chi connectivity index (χ2n) is 3.44. The Kier molecular flexibility index (Phi) is 3.19. The second kappa shape index (κ2) is 4.21. The predicted octanol–water partition coefficient (Wildman–Crippen LogP) is 3.33. The molecule has 80 valence electrons. The highest BCUT2D eigenvalue weighted by Gasteiger charge is 2.17. The highest BCUT2D eigenvalue weighted by Crippen LogP contribution is 2.27. The van der Waals surface area contributed by atoms with Crippen LogP contribution in [0, 0.1) is 22.9 Å². The van der Waals surface area contributed by atoms with Crippen LogP contribution in [0.4, 0.5) is 10.1 Å². The van der Waals surface area contributed by atoms with Crippen molar-refractivity contribution in [2.75, 3.05) is 0 Å². The lowest BCUT2D eigenvalue weighted by Crippen LogP contribution is -1.99. The number of benzene rings is 1. The van der Waals surface area contributed by atoms with Gasteiger partial charge in [0.15, 0.2) is 0 Å². The highest BCUT2D eigenvalue weighted by molar-refractivity contribution is 5.43. The summed E-state index contributed by atoms with van der Waals surface area (Å²) < 4.78 is 13.3. The fourth-order valence-electron chi connectivity index (χ4n) is 1.44. The fourth-order valence-corrected chi connectivity index (χ4v) is 1.44. The molecule has 0 aliphatic rings. The van der Waals surface area contributed by atoms with E-state index in [2.05, 4.69) is 6.58 Å². The first-order valence-electron chi connectivity index (χ1n) is 4.54. The molecule has 0 bridgehead atoms. The third kappa shape index (κ3) is 2.21. The summed E-state index contributed by atoms with van der Waals surface area (Å²) in [7, 11) is 0. The molecule has 3 nitrogen and oxygen atoms in total. The Balaban J connectivity index is 3.31. The van der Waals surface area contributed by atoms with E-state index in [0.717, 1.165) is 5.56 Å². The molecule has 0 heterocycles. The lowest BCUT2D eigenvalue weighted by Gasteiger charge is -2.10. The van der Waals surface area contributed by atoms with Gasteiger partial charge in [0.2, 0.25) is 5.82 Å². The number of hydrogen-bond acceptors (Lipinski definition) is 2. The molecule has 0 radical (unpaired) electrons. The van der Waals surface area contributed by atoms with E-state index in [1.807, 2.05) is 6.92 Å². The Hall–Kier alpha value is -1.71. The molecule has 1 atom stereocenters. The normalized spacial score (nSPS) is 12.2. The zero-order chi connectivity index (χ0) is 11.6. The first-order chi connectivity index (χ1) is 6.97. The molecule has 1 unspecified atom stereocenters. The zero-order valence-corrected chi connectivity index (χ0v) is 8.66. The van der Waals surface area contributed by atoms with Gasteiger partial charge >= 0.3 is 5.69 Å². The summed E-state index contributed by atoms with van der Waals surface area (Å²) in [6, 6.07) is 2.46. The van der Waals surface area contributed by atoms with Crippen molar-refractivity contribution in [3.05, 3.63) is 51.8 Å². The van der Waals surface area contributed by atoms with Gasteiger partial charge in [-0.2, -0.15) is 4.39 Å². The van der Waals surface area contributed by atoms with Gasteiger partial charge in [-0.25, -0.2) is 0 Å². The maximum atomic E-state index is 13.3. The third-order valence-corrected chi connectivity index (χ3v) is 2.38. The Morgan fingerprint density at radius 3 is 2.67 bits per heavy atom. The van der Waals surface area contributed by atoms with E-state index in [4.69, 9.17) is 0 Å². The molecule has 0 amide bonds. The van der Waals surface area contributed by atoms with Crippen LogP contribution < -0.4 is 0 Å². The van der Waals surface area contributed by atoms with Crippen molar-refractivity contribution in [2.45, 2.75) is 19.8 Å². The lowest BCUT2D eigenvalue weighted by molar-refractivity contribution is -0.387. The summed E-state index contributed by atoms with van der Waals surface area (Å²) in [6.07, 6.45) is 1.67. The van der Waals surface area contributed by atoms with Gasteiger partial charge in [-0.05, 0) is 30.0 Å². The van der Waals surface area contributed by atoms with E-state index in [0.29, 0.717) is 5.56 Å². The van der Waals surface area contributed by atoms with Gasteiger partial charge in [0.05, 0.1) is 4.92 Å². The van der Waals surface area contributed by atoms with Crippen LogP contribution in [0.15, 0.2) is 24.8 Å². The van der Waals surface area contributed by atoms with E-state index in [1.165, 1.54) is 12.1 Å². The van der Waals surface area contributed by atoms with E-state index in [-0.39, 0.29) is 5.92 Å². The molecular weight excluding hydrogens is 197 g/mol. The molecule has 1 aromatic carbocycles. The molecule has 1 rings (SSSR count). The number of hydrogen-bond donors (Lipinski definition) is 0. The topological polar surface area (TPSA) is 43.1 Å². The lowest BCUT2D eigenvalue weighted by atomic mass is 9.96. The Morgan fingerprint density at radius 1 is 1.60 bits per heavy atom.